The van der Waals surface area contributed by atoms with Gasteiger partial charge in [0.25, 0.3) is 5.91 Å². The number of rotatable bonds is 12. The third-order valence-electron chi connectivity index (χ3n) is 6.69. The topological polar surface area (TPSA) is 154 Å². The fraction of sp³-hybridized carbons (Fsp3) is 0.290. The molecule has 2 heterocycles. The molecule has 0 unspecified atom stereocenters. The quantitative estimate of drug-likeness (QED) is 0.124. The van der Waals surface area contributed by atoms with Gasteiger partial charge in [0.05, 0.1) is 37.0 Å². The lowest BCUT2D eigenvalue weighted by molar-refractivity contribution is -0.143. The summed E-state index contributed by atoms with van der Waals surface area (Å²) in [5, 5.41) is 3.24. The molecule has 0 aliphatic heterocycles. The number of alkyl halides is 3. The summed E-state index contributed by atoms with van der Waals surface area (Å²) in [4.78, 5) is 51.1. The molecule has 4 aromatic rings. The fourth-order valence-corrected chi connectivity index (χ4v) is 4.36. The number of nitrogens with two attached hydrogens (primary N) is 1. The Labute approximate surface area is 262 Å². The Balaban J connectivity index is 1.42. The molecule has 0 atom stereocenters. The van der Waals surface area contributed by atoms with E-state index in [1.165, 1.54) is 4.90 Å². The van der Waals surface area contributed by atoms with Gasteiger partial charge in [-0.25, -0.2) is 14.8 Å². The molecule has 46 heavy (non-hydrogen) atoms. The predicted octanol–water partition coefficient (Wildman–Crippen LogP) is 4.97. The van der Waals surface area contributed by atoms with Crippen molar-refractivity contribution < 1.29 is 37.0 Å². The SMILES string of the molecule is CCOC(=O)CCN(C(=O)c1ccc2c(c1)nc(CNc1ccc(/C(N)=N/C(=O)OCCC(F)(F)F)cc1)n2C)c1ccccn1. The molecule has 0 aliphatic rings. The second-order valence-corrected chi connectivity index (χ2v) is 9.90. The number of amides is 2. The monoisotopic (exact) mass is 639 g/mol. The molecular weight excluding hydrogens is 607 g/mol. The highest BCUT2D eigenvalue weighted by Crippen LogP contribution is 2.22. The molecule has 0 radical (unpaired) electrons. The molecule has 242 valence electrons. The average molecular weight is 640 g/mol. The lowest BCUT2D eigenvalue weighted by atomic mass is 10.1. The van der Waals surface area contributed by atoms with Gasteiger partial charge in [-0.3, -0.25) is 14.5 Å². The number of fused-ring (bicyclic) bond motifs is 1. The first-order valence-electron chi connectivity index (χ1n) is 14.2. The van der Waals surface area contributed by atoms with Gasteiger partial charge in [-0.1, -0.05) is 6.07 Å². The Morgan fingerprint density at radius 2 is 1.78 bits per heavy atom. The minimum Gasteiger partial charge on any atom is -0.466 e. The lowest BCUT2D eigenvalue weighted by Gasteiger charge is -2.21. The van der Waals surface area contributed by atoms with Crippen molar-refractivity contribution in [3.8, 4) is 0 Å². The number of ether oxygens (including phenoxy) is 2. The van der Waals surface area contributed by atoms with Crippen LogP contribution >= 0.6 is 0 Å². The number of amidine groups is 1. The molecule has 0 saturated heterocycles. The summed E-state index contributed by atoms with van der Waals surface area (Å²) < 4.78 is 48.0. The maximum atomic E-state index is 13.6. The van der Waals surface area contributed by atoms with E-state index in [1.807, 2.05) is 11.6 Å². The minimum atomic E-state index is -4.45. The number of aliphatic imine (C=N–C) groups is 1. The zero-order valence-corrected chi connectivity index (χ0v) is 25.1. The number of pyridine rings is 1. The molecule has 4 rings (SSSR count). The maximum absolute atomic E-state index is 13.6. The van der Waals surface area contributed by atoms with E-state index < -0.39 is 31.3 Å². The number of carbonyl (C=O) groups is 3. The van der Waals surface area contributed by atoms with Crippen LogP contribution in [0.15, 0.2) is 71.9 Å². The average Bonchev–Trinajstić information content (AvgIpc) is 3.34. The van der Waals surface area contributed by atoms with Gasteiger partial charge in [0.2, 0.25) is 0 Å². The van der Waals surface area contributed by atoms with Crippen LogP contribution in [0, 0.1) is 0 Å². The molecule has 3 N–H and O–H groups in total. The highest BCUT2D eigenvalue weighted by Gasteiger charge is 2.27. The first-order chi connectivity index (χ1) is 21.9. The van der Waals surface area contributed by atoms with E-state index in [2.05, 4.69) is 20.0 Å². The third-order valence-corrected chi connectivity index (χ3v) is 6.69. The molecule has 15 heteroatoms. The highest BCUT2D eigenvalue weighted by atomic mass is 19.4. The Morgan fingerprint density at radius 3 is 2.46 bits per heavy atom. The first-order valence-corrected chi connectivity index (χ1v) is 14.2. The van der Waals surface area contributed by atoms with Crippen LogP contribution in [0.3, 0.4) is 0 Å². The molecule has 0 bridgehead atoms. The van der Waals surface area contributed by atoms with Gasteiger partial charge >= 0.3 is 18.2 Å². The van der Waals surface area contributed by atoms with Gasteiger partial charge < -0.3 is 25.1 Å². The summed E-state index contributed by atoms with van der Waals surface area (Å²) in [6.07, 6.45) is -5.35. The van der Waals surface area contributed by atoms with Crippen LogP contribution in [0.4, 0.5) is 29.5 Å². The zero-order chi connectivity index (χ0) is 33.3. The minimum absolute atomic E-state index is 0.01000. The zero-order valence-electron chi connectivity index (χ0n) is 25.1. The molecule has 2 amide bonds. The Morgan fingerprint density at radius 1 is 1.04 bits per heavy atom. The van der Waals surface area contributed by atoms with Crippen molar-refractivity contribution in [2.75, 3.05) is 30.0 Å². The number of carbonyl (C=O) groups excluding carboxylic acids is 3. The Kier molecular flexibility index (Phi) is 10.9. The Hall–Kier alpha value is -5.47. The van der Waals surface area contributed by atoms with E-state index in [0.29, 0.717) is 40.5 Å². The van der Waals surface area contributed by atoms with Crippen LogP contribution in [0.2, 0.25) is 0 Å². The third kappa shape index (κ3) is 9.03. The summed E-state index contributed by atoms with van der Waals surface area (Å²) in [6, 6.07) is 16.9. The summed E-state index contributed by atoms with van der Waals surface area (Å²) in [5.41, 5.74) is 8.64. The number of aryl methyl sites for hydroxylation is 1. The van der Waals surface area contributed by atoms with Crippen molar-refractivity contribution in [1.29, 1.82) is 0 Å². The molecule has 12 nitrogen and oxygen atoms in total. The van der Waals surface area contributed by atoms with Crippen LogP contribution in [0.5, 0.6) is 0 Å². The van der Waals surface area contributed by atoms with Crippen molar-refractivity contribution in [3.63, 3.8) is 0 Å². The van der Waals surface area contributed by atoms with E-state index in [-0.39, 0.29) is 31.3 Å². The second kappa shape index (κ2) is 15.0. The van der Waals surface area contributed by atoms with E-state index in [1.54, 1.807) is 73.8 Å². The normalized spacial score (nSPS) is 11.7. The van der Waals surface area contributed by atoms with Crippen molar-refractivity contribution in [2.24, 2.45) is 17.8 Å². The number of halogens is 3. The van der Waals surface area contributed by atoms with Crippen molar-refractivity contribution in [3.05, 3.63) is 83.8 Å². The number of hydrogen-bond donors (Lipinski definition) is 2. The van der Waals surface area contributed by atoms with Crippen molar-refractivity contribution >= 4 is 46.3 Å². The van der Waals surface area contributed by atoms with Crippen molar-refractivity contribution in [2.45, 2.75) is 32.5 Å². The van der Waals surface area contributed by atoms with Crippen LogP contribution in [0.25, 0.3) is 11.0 Å². The highest BCUT2D eigenvalue weighted by molar-refractivity contribution is 6.07. The largest absolute Gasteiger partial charge is 0.466 e. The number of aromatic nitrogens is 3. The number of esters is 1. The summed E-state index contributed by atoms with van der Waals surface area (Å²) in [7, 11) is 1.85. The van der Waals surface area contributed by atoms with Gasteiger partial charge in [0, 0.05) is 36.6 Å². The maximum Gasteiger partial charge on any atom is 0.435 e. The number of hydrogen-bond acceptors (Lipinski definition) is 8. The summed E-state index contributed by atoms with van der Waals surface area (Å²) in [6.45, 7) is 1.53. The standard InChI is InChI=1S/C31H32F3N7O5/c1-3-45-27(42)13-16-41(25-6-4-5-15-36-25)29(43)21-9-12-24-23(18-21)38-26(40(24)2)19-37-22-10-7-20(8-11-22)28(35)39-30(44)46-17-14-31(32,33)34/h4-12,15,18,37H,3,13-14,16-17,19H2,1-2H3,(H2,35,39,44). The van der Waals surface area contributed by atoms with Crippen LogP contribution < -0.4 is 16.0 Å². The van der Waals surface area contributed by atoms with Gasteiger partial charge in [-0.05, 0) is 61.5 Å². The summed E-state index contributed by atoms with van der Waals surface area (Å²) >= 11 is 0. The van der Waals surface area contributed by atoms with Gasteiger partial charge in [0.15, 0.2) is 0 Å². The Bertz CT molecular complexity index is 1710. The molecule has 2 aromatic heterocycles. The van der Waals surface area contributed by atoms with E-state index in [0.717, 1.165) is 5.52 Å². The van der Waals surface area contributed by atoms with Gasteiger partial charge in [-0.2, -0.15) is 18.2 Å². The van der Waals surface area contributed by atoms with Gasteiger partial charge in [-0.15, -0.1) is 0 Å². The van der Waals surface area contributed by atoms with Crippen LogP contribution in [0.1, 0.15) is 41.5 Å². The number of imidazole rings is 1. The molecule has 0 spiro atoms. The number of anilines is 2. The van der Waals surface area contributed by atoms with E-state index in [9.17, 15) is 27.6 Å². The molecule has 0 fully saturated rings. The van der Waals surface area contributed by atoms with Crippen LogP contribution in [-0.2, 0) is 27.9 Å². The second-order valence-electron chi connectivity index (χ2n) is 9.90. The van der Waals surface area contributed by atoms with E-state index >= 15 is 0 Å². The first kappa shape index (κ1) is 33.4. The lowest BCUT2D eigenvalue weighted by Crippen LogP contribution is -2.34. The molecule has 0 aliphatic carbocycles. The van der Waals surface area contributed by atoms with Gasteiger partial charge in [0.1, 0.15) is 24.1 Å². The number of nitrogens with one attached hydrogen (secondary N) is 1. The van der Waals surface area contributed by atoms with Crippen molar-refractivity contribution in [1.82, 2.24) is 14.5 Å². The van der Waals surface area contributed by atoms with Crippen LogP contribution in [-0.4, -0.2) is 64.3 Å². The molecule has 0 saturated carbocycles. The number of nitrogens with zero attached hydrogens (tertiary/aromatic N) is 5. The number of benzene rings is 2. The smallest absolute Gasteiger partial charge is 0.435 e. The van der Waals surface area contributed by atoms with E-state index in [4.69, 9.17) is 15.5 Å². The molecule has 2 aromatic carbocycles. The summed E-state index contributed by atoms with van der Waals surface area (Å²) in [5.74, 6) is 0.125. The fourth-order valence-electron chi connectivity index (χ4n) is 4.36. The molecular formula is C31H32F3N7O5. The predicted molar refractivity (Wildman–Crippen MR) is 164 cm³/mol.